The molecule has 30 heavy (non-hydrogen) atoms. The minimum atomic E-state index is 0. The van der Waals surface area contributed by atoms with Crippen molar-refractivity contribution in [2.45, 2.75) is 33.1 Å². The third-order valence-electron chi connectivity index (χ3n) is 5.04. The van der Waals surface area contributed by atoms with E-state index < -0.39 is 0 Å². The van der Waals surface area contributed by atoms with Crippen molar-refractivity contribution in [3.8, 4) is 5.75 Å². The number of benzene rings is 2. The Labute approximate surface area is 197 Å². The van der Waals surface area contributed by atoms with Gasteiger partial charge in [0.2, 0.25) is 0 Å². The highest BCUT2D eigenvalue weighted by atomic mass is 127. The van der Waals surface area contributed by atoms with E-state index >= 15 is 0 Å². The Hall–Kier alpha value is -2.00. The number of phenols is 1. The van der Waals surface area contributed by atoms with Crippen molar-refractivity contribution < 1.29 is 9.84 Å². The number of halogens is 1. The number of hydrogen-bond acceptors (Lipinski definition) is 4. The van der Waals surface area contributed by atoms with Crippen LogP contribution in [0.2, 0.25) is 0 Å². The number of anilines is 1. The van der Waals surface area contributed by atoms with Crippen LogP contribution in [0.5, 0.6) is 5.75 Å². The molecule has 164 valence electrons. The Balaban J connectivity index is 0.00000320. The summed E-state index contributed by atoms with van der Waals surface area (Å²) >= 11 is 0. The number of piperazine rings is 1. The topological polar surface area (TPSA) is 60.3 Å². The molecule has 2 aromatic carbocycles. The van der Waals surface area contributed by atoms with Crippen molar-refractivity contribution in [3.05, 3.63) is 59.7 Å². The van der Waals surface area contributed by atoms with Crippen LogP contribution in [0.15, 0.2) is 53.5 Å². The largest absolute Gasteiger partial charge is 0.506 e. The average Bonchev–Trinajstić information content (AvgIpc) is 2.74. The van der Waals surface area contributed by atoms with Gasteiger partial charge >= 0.3 is 0 Å². The minimum Gasteiger partial charge on any atom is -0.506 e. The molecule has 0 bridgehead atoms. The lowest BCUT2D eigenvalue weighted by atomic mass is 10.1. The molecular weight excluding hydrogens is 491 g/mol. The molecule has 1 aliphatic heterocycles. The zero-order valence-corrected chi connectivity index (χ0v) is 20.4. The molecular formula is C23H33IN4O2. The van der Waals surface area contributed by atoms with Gasteiger partial charge in [-0.15, -0.1) is 24.0 Å². The molecule has 1 saturated heterocycles. The Morgan fingerprint density at radius 2 is 1.77 bits per heavy atom. The fraction of sp³-hybridized carbons (Fsp3) is 0.435. The summed E-state index contributed by atoms with van der Waals surface area (Å²) in [5, 5.41) is 13.6. The van der Waals surface area contributed by atoms with Gasteiger partial charge in [-0.05, 0) is 37.1 Å². The SMILES string of the molecule is CN=C(NCc1cccc(COC(C)C)c1)N1CCN(c2ccccc2O)CC1.I. The van der Waals surface area contributed by atoms with Crippen molar-refractivity contribution in [1.29, 1.82) is 0 Å². The fourth-order valence-electron chi connectivity index (χ4n) is 3.50. The lowest BCUT2D eigenvalue weighted by Crippen LogP contribution is -2.52. The summed E-state index contributed by atoms with van der Waals surface area (Å²) in [6.45, 7) is 8.87. The van der Waals surface area contributed by atoms with Crippen molar-refractivity contribution in [1.82, 2.24) is 10.2 Å². The molecule has 0 amide bonds. The lowest BCUT2D eigenvalue weighted by Gasteiger charge is -2.37. The highest BCUT2D eigenvalue weighted by Gasteiger charge is 2.21. The van der Waals surface area contributed by atoms with Crippen molar-refractivity contribution >= 4 is 35.6 Å². The summed E-state index contributed by atoms with van der Waals surface area (Å²) < 4.78 is 5.70. The molecule has 0 saturated carbocycles. The van der Waals surface area contributed by atoms with Crippen LogP contribution in [0.1, 0.15) is 25.0 Å². The first-order valence-electron chi connectivity index (χ1n) is 10.2. The Bertz CT molecular complexity index is 820. The molecule has 2 N–H and O–H groups in total. The number of aromatic hydroxyl groups is 1. The number of phenolic OH excluding ortho intramolecular Hbond substituents is 1. The van der Waals surface area contributed by atoms with Gasteiger partial charge in [-0.3, -0.25) is 4.99 Å². The van der Waals surface area contributed by atoms with Crippen LogP contribution < -0.4 is 10.2 Å². The van der Waals surface area contributed by atoms with Crippen LogP contribution >= 0.6 is 24.0 Å². The lowest BCUT2D eigenvalue weighted by molar-refractivity contribution is 0.0657. The van der Waals surface area contributed by atoms with E-state index in [1.54, 1.807) is 6.07 Å². The Kier molecular flexibility index (Phi) is 9.71. The smallest absolute Gasteiger partial charge is 0.194 e. The summed E-state index contributed by atoms with van der Waals surface area (Å²) in [7, 11) is 1.82. The molecule has 1 fully saturated rings. The molecule has 2 aromatic rings. The van der Waals surface area contributed by atoms with Gasteiger partial charge < -0.3 is 25.0 Å². The van der Waals surface area contributed by atoms with Gasteiger partial charge in [-0.2, -0.15) is 0 Å². The summed E-state index contributed by atoms with van der Waals surface area (Å²) in [6, 6.07) is 16.0. The number of nitrogens with zero attached hydrogens (tertiary/aromatic N) is 3. The van der Waals surface area contributed by atoms with Crippen molar-refractivity contribution in [2.24, 2.45) is 4.99 Å². The van der Waals surface area contributed by atoms with Crippen LogP contribution in [0.25, 0.3) is 0 Å². The zero-order chi connectivity index (χ0) is 20.6. The van der Waals surface area contributed by atoms with E-state index in [9.17, 15) is 5.11 Å². The number of hydrogen-bond donors (Lipinski definition) is 2. The van der Waals surface area contributed by atoms with Crippen LogP contribution in [0.4, 0.5) is 5.69 Å². The monoisotopic (exact) mass is 524 g/mol. The van der Waals surface area contributed by atoms with E-state index in [0.717, 1.165) is 44.4 Å². The second kappa shape index (κ2) is 12.0. The molecule has 1 aliphatic rings. The number of para-hydroxylation sites is 2. The standard InChI is InChI=1S/C23H32N4O2.HI/c1-18(2)29-17-20-8-6-7-19(15-20)16-25-23(24-3)27-13-11-26(12-14-27)21-9-4-5-10-22(21)28;/h4-10,15,18,28H,11-14,16-17H2,1-3H3,(H,24,25);1H. The summed E-state index contributed by atoms with van der Waals surface area (Å²) in [4.78, 5) is 8.95. The third kappa shape index (κ3) is 6.77. The van der Waals surface area contributed by atoms with Crippen LogP contribution in [-0.2, 0) is 17.9 Å². The first-order valence-corrected chi connectivity index (χ1v) is 10.2. The molecule has 0 aromatic heterocycles. The van der Waals surface area contributed by atoms with Crippen LogP contribution in [0.3, 0.4) is 0 Å². The Morgan fingerprint density at radius 3 is 2.43 bits per heavy atom. The first-order chi connectivity index (χ1) is 14.1. The zero-order valence-electron chi connectivity index (χ0n) is 18.0. The van der Waals surface area contributed by atoms with E-state index in [4.69, 9.17) is 4.74 Å². The predicted molar refractivity (Wildman–Crippen MR) is 134 cm³/mol. The van der Waals surface area contributed by atoms with Crippen LogP contribution in [-0.4, -0.2) is 55.3 Å². The highest BCUT2D eigenvalue weighted by molar-refractivity contribution is 14.0. The molecule has 1 heterocycles. The van der Waals surface area contributed by atoms with E-state index in [2.05, 4.69) is 44.4 Å². The first kappa shape index (κ1) is 24.3. The quantitative estimate of drug-likeness (QED) is 0.342. The number of aliphatic imine (C=N–C) groups is 1. The Morgan fingerprint density at radius 1 is 1.07 bits per heavy atom. The summed E-state index contributed by atoms with van der Waals surface area (Å²) in [5.41, 5.74) is 3.30. The van der Waals surface area contributed by atoms with Gasteiger partial charge in [0.15, 0.2) is 5.96 Å². The molecule has 6 nitrogen and oxygen atoms in total. The number of nitrogens with one attached hydrogen (secondary N) is 1. The average molecular weight is 524 g/mol. The summed E-state index contributed by atoms with van der Waals surface area (Å²) in [6.07, 6.45) is 0.229. The van der Waals surface area contributed by atoms with Gasteiger partial charge in [0, 0.05) is 39.8 Å². The molecule has 0 aliphatic carbocycles. The molecule has 0 atom stereocenters. The number of rotatable bonds is 6. The van der Waals surface area contributed by atoms with E-state index in [1.807, 2.05) is 39.1 Å². The highest BCUT2D eigenvalue weighted by Crippen LogP contribution is 2.27. The maximum absolute atomic E-state index is 10.1. The number of guanidine groups is 1. The second-order valence-electron chi connectivity index (χ2n) is 7.54. The maximum Gasteiger partial charge on any atom is 0.194 e. The minimum absolute atomic E-state index is 0. The van der Waals surface area contributed by atoms with Crippen molar-refractivity contribution in [2.75, 3.05) is 38.1 Å². The van der Waals surface area contributed by atoms with E-state index in [0.29, 0.717) is 12.4 Å². The van der Waals surface area contributed by atoms with E-state index in [1.165, 1.54) is 11.1 Å². The normalized spacial score (nSPS) is 14.6. The molecule has 7 heteroatoms. The fourth-order valence-corrected chi connectivity index (χ4v) is 3.50. The molecule has 0 unspecified atom stereocenters. The third-order valence-corrected chi connectivity index (χ3v) is 5.04. The van der Waals surface area contributed by atoms with E-state index in [-0.39, 0.29) is 30.1 Å². The van der Waals surface area contributed by atoms with Gasteiger partial charge in [0.25, 0.3) is 0 Å². The van der Waals surface area contributed by atoms with Crippen LogP contribution in [0, 0.1) is 0 Å². The molecule has 3 rings (SSSR count). The van der Waals surface area contributed by atoms with Gasteiger partial charge in [-0.1, -0.05) is 36.4 Å². The molecule has 0 spiro atoms. The second-order valence-corrected chi connectivity index (χ2v) is 7.54. The van der Waals surface area contributed by atoms with Gasteiger partial charge in [0.05, 0.1) is 18.4 Å². The number of ether oxygens (including phenoxy) is 1. The molecule has 0 radical (unpaired) electrons. The van der Waals surface area contributed by atoms with Crippen molar-refractivity contribution in [3.63, 3.8) is 0 Å². The van der Waals surface area contributed by atoms with Gasteiger partial charge in [-0.25, -0.2) is 0 Å². The van der Waals surface area contributed by atoms with Gasteiger partial charge in [0.1, 0.15) is 5.75 Å². The maximum atomic E-state index is 10.1. The predicted octanol–water partition coefficient (Wildman–Crippen LogP) is 3.83. The summed E-state index contributed by atoms with van der Waals surface area (Å²) in [5.74, 6) is 1.25.